The van der Waals surface area contributed by atoms with Gasteiger partial charge in [0.15, 0.2) is 15.9 Å². The van der Waals surface area contributed by atoms with Gasteiger partial charge in [-0.2, -0.15) is 0 Å². The fourth-order valence-corrected chi connectivity index (χ4v) is 5.74. The van der Waals surface area contributed by atoms with Gasteiger partial charge in [0.2, 0.25) is 0 Å². The first-order valence-electron chi connectivity index (χ1n) is 10.3. The summed E-state index contributed by atoms with van der Waals surface area (Å²) in [5, 5.41) is 0. The maximum Gasteiger partial charge on any atom is 0.309 e. The molecule has 8 nitrogen and oxygen atoms in total. The number of likely N-dealkylation sites (N-methyl/N-ethyl adjacent to an activating group) is 1. The first-order valence-corrected chi connectivity index (χ1v) is 12.1. The van der Waals surface area contributed by atoms with Gasteiger partial charge in [0.25, 0.3) is 11.8 Å². The normalized spacial score (nSPS) is 22.0. The molecule has 2 heterocycles. The van der Waals surface area contributed by atoms with Crippen molar-refractivity contribution in [3.63, 3.8) is 0 Å². The minimum absolute atomic E-state index is 0.0542. The van der Waals surface area contributed by atoms with Crippen LogP contribution in [0.1, 0.15) is 36.5 Å². The van der Waals surface area contributed by atoms with Crippen LogP contribution in [-0.4, -0.2) is 79.8 Å². The molecule has 10 heteroatoms. The van der Waals surface area contributed by atoms with Gasteiger partial charge in [-0.25, -0.2) is 12.8 Å². The molecule has 31 heavy (non-hydrogen) atoms. The van der Waals surface area contributed by atoms with Crippen LogP contribution in [-0.2, 0) is 24.2 Å². The molecule has 2 atom stereocenters. The van der Waals surface area contributed by atoms with Crippen molar-refractivity contribution < 1.29 is 31.9 Å². The van der Waals surface area contributed by atoms with Gasteiger partial charge in [-0.3, -0.25) is 14.4 Å². The van der Waals surface area contributed by atoms with E-state index in [0.717, 1.165) is 0 Å². The van der Waals surface area contributed by atoms with Crippen LogP contribution in [0.4, 0.5) is 4.39 Å². The zero-order valence-corrected chi connectivity index (χ0v) is 18.4. The summed E-state index contributed by atoms with van der Waals surface area (Å²) in [5.41, 5.74) is 0.388. The molecule has 0 unspecified atom stereocenters. The highest BCUT2D eigenvalue weighted by molar-refractivity contribution is 7.91. The maximum atomic E-state index is 13.0. The number of piperidine rings is 1. The van der Waals surface area contributed by atoms with E-state index in [4.69, 9.17) is 4.74 Å². The fourth-order valence-electron chi connectivity index (χ4n) is 3.96. The van der Waals surface area contributed by atoms with Gasteiger partial charge in [0.05, 0.1) is 17.4 Å². The summed E-state index contributed by atoms with van der Waals surface area (Å²) >= 11 is 0. The molecule has 0 saturated carbocycles. The molecule has 2 fully saturated rings. The van der Waals surface area contributed by atoms with Crippen molar-refractivity contribution in [1.82, 2.24) is 9.80 Å². The zero-order valence-electron chi connectivity index (χ0n) is 17.6. The molecule has 0 aromatic heterocycles. The van der Waals surface area contributed by atoms with Crippen molar-refractivity contribution in [1.29, 1.82) is 0 Å². The lowest BCUT2D eigenvalue weighted by atomic mass is 9.96. The second-order valence-electron chi connectivity index (χ2n) is 8.16. The smallest absolute Gasteiger partial charge is 0.309 e. The number of rotatable bonds is 5. The number of hydrogen-bond donors (Lipinski definition) is 0. The predicted octanol–water partition coefficient (Wildman–Crippen LogP) is 1.26. The Bertz CT molecular complexity index is 941. The Morgan fingerprint density at radius 3 is 2.29 bits per heavy atom. The van der Waals surface area contributed by atoms with E-state index < -0.39 is 45.6 Å². The van der Waals surface area contributed by atoms with Gasteiger partial charge in [0.1, 0.15) is 5.82 Å². The van der Waals surface area contributed by atoms with Crippen LogP contribution in [0.15, 0.2) is 24.3 Å². The molecular formula is C21H27FN2O6S. The van der Waals surface area contributed by atoms with E-state index in [1.54, 1.807) is 4.90 Å². The van der Waals surface area contributed by atoms with Crippen molar-refractivity contribution in [2.75, 3.05) is 31.6 Å². The molecule has 3 rings (SSSR count). The highest BCUT2D eigenvalue weighted by Crippen LogP contribution is 2.22. The number of sulfone groups is 1. The van der Waals surface area contributed by atoms with Crippen LogP contribution < -0.4 is 0 Å². The number of esters is 1. The van der Waals surface area contributed by atoms with Gasteiger partial charge in [-0.1, -0.05) is 0 Å². The molecule has 2 aliphatic heterocycles. The van der Waals surface area contributed by atoms with Crippen LogP contribution in [0.5, 0.6) is 0 Å². The molecule has 0 radical (unpaired) electrons. The number of likely N-dealkylation sites (tertiary alicyclic amines) is 1. The summed E-state index contributed by atoms with van der Waals surface area (Å²) < 4.78 is 41.7. The Hall–Kier alpha value is -2.49. The van der Waals surface area contributed by atoms with Crippen LogP contribution in [0.3, 0.4) is 0 Å². The van der Waals surface area contributed by atoms with E-state index in [1.807, 2.05) is 0 Å². The summed E-state index contributed by atoms with van der Waals surface area (Å²) in [6.07, 6.45) is 0.179. The lowest BCUT2D eigenvalue weighted by Crippen LogP contribution is -2.45. The highest BCUT2D eigenvalue weighted by Gasteiger charge is 2.36. The van der Waals surface area contributed by atoms with Crippen molar-refractivity contribution >= 4 is 27.6 Å². The van der Waals surface area contributed by atoms with Gasteiger partial charge in [0, 0.05) is 31.7 Å². The first-order chi connectivity index (χ1) is 14.6. The highest BCUT2D eigenvalue weighted by atomic mass is 32.2. The minimum atomic E-state index is -3.13. The molecule has 0 bridgehead atoms. The van der Waals surface area contributed by atoms with Crippen molar-refractivity contribution in [3.8, 4) is 0 Å². The van der Waals surface area contributed by atoms with Crippen molar-refractivity contribution in [3.05, 3.63) is 35.6 Å². The lowest BCUT2D eigenvalue weighted by Gasteiger charge is -2.32. The van der Waals surface area contributed by atoms with Gasteiger partial charge in [-0.05, 0) is 50.5 Å². The molecule has 2 amide bonds. The molecule has 1 aromatic carbocycles. The molecule has 1 aromatic rings. The molecule has 2 aliphatic rings. The van der Waals surface area contributed by atoms with Crippen LogP contribution in [0.25, 0.3) is 0 Å². The van der Waals surface area contributed by atoms with Gasteiger partial charge < -0.3 is 14.5 Å². The topological polar surface area (TPSA) is 101 Å². The second kappa shape index (κ2) is 9.33. The number of hydrogen-bond acceptors (Lipinski definition) is 6. The van der Waals surface area contributed by atoms with E-state index in [0.29, 0.717) is 37.9 Å². The maximum absolute atomic E-state index is 13.0. The second-order valence-corrected chi connectivity index (χ2v) is 10.4. The largest absolute Gasteiger partial charge is 0.452 e. The number of carbonyl (C=O) groups is 3. The Labute approximate surface area is 181 Å². The fraction of sp³-hybridized carbons (Fsp3) is 0.571. The Morgan fingerprint density at radius 1 is 1.13 bits per heavy atom. The molecule has 2 saturated heterocycles. The van der Waals surface area contributed by atoms with Gasteiger partial charge in [-0.15, -0.1) is 0 Å². The monoisotopic (exact) mass is 454 g/mol. The number of carbonyl (C=O) groups excluding carboxylic acids is 3. The van der Waals surface area contributed by atoms with Crippen molar-refractivity contribution in [2.24, 2.45) is 5.92 Å². The van der Waals surface area contributed by atoms with Crippen molar-refractivity contribution in [2.45, 2.75) is 38.3 Å². The zero-order chi connectivity index (χ0) is 22.8. The molecule has 0 N–H and O–H groups in total. The number of amides is 2. The number of halogens is 1. The van der Waals surface area contributed by atoms with Gasteiger partial charge >= 0.3 is 5.97 Å². The summed E-state index contributed by atoms with van der Waals surface area (Å²) in [7, 11) is -1.60. The Morgan fingerprint density at radius 2 is 1.74 bits per heavy atom. The summed E-state index contributed by atoms with van der Waals surface area (Å²) in [6.45, 7) is 2.20. The van der Waals surface area contributed by atoms with E-state index >= 15 is 0 Å². The van der Waals surface area contributed by atoms with E-state index in [9.17, 15) is 27.2 Å². The number of nitrogens with zero attached hydrogens (tertiary/aromatic N) is 2. The van der Waals surface area contributed by atoms with E-state index in [1.165, 1.54) is 43.1 Å². The molecule has 0 spiro atoms. The quantitative estimate of drug-likeness (QED) is 0.621. The number of ether oxygens (including phenoxy) is 1. The summed E-state index contributed by atoms with van der Waals surface area (Å²) in [5.74, 6) is -2.01. The molecular weight excluding hydrogens is 427 g/mol. The Balaban J connectivity index is 1.48. The average Bonchev–Trinajstić information content (AvgIpc) is 3.12. The van der Waals surface area contributed by atoms with Crippen LogP contribution in [0, 0.1) is 11.7 Å². The van der Waals surface area contributed by atoms with E-state index in [-0.39, 0.29) is 17.4 Å². The summed E-state index contributed by atoms with van der Waals surface area (Å²) in [6, 6.07) is 4.91. The third-order valence-corrected chi connectivity index (χ3v) is 7.70. The van der Waals surface area contributed by atoms with Crippen LogP contribution in [0.2, 0.25) is 0 Å². The SMILES string of the molecule is C[C@H](OC(=O)C1CCN(C(=O)c2ccc(F)cc2)CC1)C(=O)N(C)[C@@H]1CCS(=O)(=O)C1. The standard InChI is InChI=1S/C21H27FN2O6S/c1-14(19(25)23(2)18-9-12-31(28,29)13-18)30-21(27)16-7-10-24(11-8-16)20(26)15-3-5-17(22)6-4-15/h3-6,14,16,18H,7-13H2,1-2H3/t14-,18+/m0/s1. The lowest BCUT2D eigenvalue weighted by molar-refractivity contribution is -0.163. The third-order valence-electron chi connectivity index (χ3n) is 5.95. The number of benzene rings is 1. The van der Waals surface area contributed by atoms with E-state index in [2.05, 4.69) is 0 Å². The molecule has 0 aliphatic carbocycles. The average molecular weight is 455 g/mol. The Kier molecular flexibility index (Phi) is 6.98. The first kappa shape index (κ1) is 23.2. The third kappa shape index (κ3) is 5.61. The molecule has 170 valence electrons. The summed E-state index contributed by atoms with van der Waals surface area (Å²) in [4.78, 5) is 40.5. The minimum Gasteiger partial charge on any atom is -0.452 e. The predicted molar refractivity (Wildman–Crippen MR) is 110 cm³/mol. The van der Waals surface area contributed by atoms with Crippen LogP contribution >= 0.6 is 0 Å².